The van der Waals surface area contributed by atoms with Gasteiger partial charge in [-0.15, -0.1) is 0 Å². The van der Waals surface area contributed by atoms with Gasteiger partial charge in [-0.25, -0.2) is 13.2 Å². The zero-order valence-corrected chi connectivity index (χ0v) is 19.9. The number of hydrogen-bond donors (Lipinski definition) is 2. The third-order valence-corrected chi connectivity index (χ3v) is 5.69. The monoisotopic (exact) mass is 484 g/mol. The van der Waals surface area contributed by atoms with Gasteiger partial charge < -0.3 is 15.2 Å². The Bertz CT molecular complexity index is 1350. The largest absolute Gasteiger partial charge is 0.496 e. The van der Waals surface area contributed by atoms with Crippen LogP contribution in [0, 0.1) is 5.82 Å². The van der Waals surface area contributed by atoms with E-state index in [0.29, 0.717) is 23.5 Å². The Hall–Kier alpha value is -3.59. The molecule has 6 nitrogen and oxygen atoms in total. The molecule has 1 atom stereocenters. The molecule has 2 aromatic heterocycles. The number of nitrogens with one attached hydrogen (secondary N) is 1. The van der Waals surface area contributed by atoms with Crippen LogP contribution in [0.5, 0.6) is 5.75 Å². The number of hydrogen-bond acceptors (Lipinski definition) is 5. The van der Waals surface area contributed by atoms with Gasteiger partial charge in [0.1, 0.15) is 11.6 Å². The van der Waals surface area contributed by atoms with E-state index in [9.17, 15) is 18.3 Å². The van der Waals surface area contributed by atoms with Gasteiger partial charge in [0.2, 0.25) is 0 Å². The molecule has 0 radical (unpaired) electrons. The van der Waals surface area contributed by atoms with Gasteiger partial charge in [0.15, 0.2) is 0 Å². The van der Waals surface area contributed by atoms with Crippen molar-refractivity contribution in [3.8, 4) is 16.9 Å². The van der Waals surface area contributed by atoms with Crippen molar-refractivity contribution < 1.29 is 23.0 Å². The predicted molar refractivity (Wildman–Crippen MR) is 129 cm³/mol. The molecule has 0 aliphatic heterocycles. The quantitative estimate of drug-likeness (QED) is 0.315. The molecule has 0 aliphatic carbocycles. The number of halogens is 3. The second-order valence-electron chi connectivity index (χ2n) is 9.08. The summed E-state index contributed by atoms with van der Waals surface area (Å²) >= 11 is 0. The van der Waals surface area contributed by atoms with Gasteiger partial charge >= 0.3 is 0 Å². The number of aliphatic hydroxyl groups is 1. The van der Waals surface area contributed by atoms with Crippen LogP contribution in [0.25, 0.3) is 22.0 Å². The molecular formula is C26H27F3N4O2. The van der Waals surface area contributed by atoms with Crippen molar-refractivity contribution in [1.29, 1.82) is 0 Å². The van der Waals surface area contributed by atoms with E-state index < -0.39 is 29.4 Å². The van der Waals surface area contributed by atoms with Crippen LogP contribution >= 0.6 is 0 Å². The van der Waals surface area contributed by atoms with Gasteiger partial charge in [0.05, 0.1) is 42.6 Å². The molecular weight excluding hydrogens is 457 g/mol. The maximum atomic E-state index is 14.7. The Morgan fingerprint density at radius 2 is 1.91 bits per heavy atom. The molecule has 9 heteroatoms. The van der Waals surface area contributed by atoms with Crippen molar-refractivity contribution in [3.63, 3.8) is 0 Å². The number of alkyl halides is 2. The highest BCUT2D eigenvalue weighted by Crippen LogP contribution is 2.37. The van der Waals surface area contributed by atoms with Crippen LogP contribution in [-0.2, 0) is 6.54 Å². The van der Waals surface area contributed by atoms with Crippen LogP contribution in [0.3, 0.4) is 0 Å². The summed E-state index contributed by atoms with van der Waals surface area (Å²) in [5.41, 5.74) is 1.46. The van der Waals surface area contributed by atoms with E-state index in [4.69, 9.17) is 4.74 Å². The second-order valence-corrected chi connectivity index (χ2v) is 9.08. The lowest BCUT2D eigenvalue weighted by Crippen LogP contribution is -2.26. The minimum absolute atomic E-state index is 0.148. The summed E-state index contributed by atoms with van der Waals surface area (Å²) in [6.45, 7) is 5.44. The molecule has 0 amide bonds. The Kier molecular flexibility index (Phi) is 6.71. The van der Waals surface area contributed by atoms with Crippen molar-refractivity contribution >= 4 is 16.6 Å². The van der Waals surface area contributed by atoms with Gasteiger partial charge in [-0.3, -0.25) is 9.67 Å². The molecule has 35 heavy (non-hydrogen) atoms. The Morgan fingerprint density at radius 3 is 2.60 bits per heavy atom. The zero-order chi connectivity index (χ0) is 25.3. The SMILES string of the molecule is COc1cc2nccc(N[C@H](C)c3cccc(C(F)F)c3F)c2cc1-c1cnn(CC(C)(C)O)c1. The molecule has 2 heterocycles. The van der Waals surface area contributed by atoms with Crippen LogP contribution in [0.1, 0.15) is 44.4 Å². The van der Waals surface area contributed by atoms with Crippen molar-refractivity contribution in [2.75, 3.05) is 12.4 Å². The lowest BCUT2D eigenvalue weighted by Gasteiger charge is -2.19. The van der Waals surface area contributed by atoms with E-state index in [2.05, 4.69) is 15.4 Å². The van der Waals surface area contributed by atoms with Crippen LogP contribution < -0.4 is 10.1 Å². The first-order valence-corrected chi connectivity index (χ1v) is 11.1. The van der Waals surface area contributed by atoms with Crippen molar-refractivity contribution in [2.45, 2.75) is 45.4 Å². The summed E-state index contributed by atoms with van der Waals surface area (Å²) in [7, 11) is 1.56. The molecule has 0 bridgehead atoms. The summed E-state index contributed by atoms with van der Waals surface area (Å²) in [5.74, 6) is -0.323. The van der Waals surface area contributed by atoms with Gasteiger partial charge in [-0.05, 0) is 32.9 Å². The van der Waals surface area contributed by atoms with E-state index in [0.717, 1.165) is 22.6 Å². The molecule has 4 aromatic rings. The third kappa shape index (κ3) is 5.24. The predicted octanol–water partition coefficient (Wildman–Crippen LogP) is 6.13. The molecule has 2 aromatic carbocycles. The first-order valence-electron chi connectivity index (χ1n) is 11.1. The molecule has 0 unspecified atom stereocenters. The average Bonchev–Trinajstić information content (AvgIpc) is 3.24. The van der Waals surface area contributed by atoms with Crippen molar-refractivity contribution in [2.24, 2.45) is 0 Å². The standard InChI is InChI=1S/C26H27F3N4O2/c1-15(17-6-5-7-18(24(17)27)25(28)29)32-21-8-9-30-22-11-23(35-4)19(10-20(21)22)16-12-31-33(13-16)14-26(2,3)34/h5-13,15,25,34H,14H2,1-4H3,(H,30,32)/t15-/m1/s1. The van der Waals surface area contributed by atoms with Crippen molar-refractivity contribution in [1.82, 2.24) is 14.8 Å². The topological polar surface area (TPSA) is 72.2 Å². The van der Waals surface area contributed by atoms with E-state index in [1.165, 1.54) is 12.1 Å². The molecule has 2 N–H and O–H groups in total. The van der Waals surface area contributed by atoms with E-state index >= 15 is 0 Å². The number of nitrogens with zero attached hydrogens (tertiary/aromatic N) is 3. The number of benzene rings is 2. The first kappa shape index (κ1) is 24.5. The fourth-order valence-corrected chi connectivity index (χ4v) is 4.06. The average molecular weight is 485 g/mol. The smallest absolute Gasteiger partial charge is 0.266 e. The third-order valence-electron chi connectivity index (χ3n) is 5.69. The van der Waals surface area contributed by atoms with Gasteiger partial charge in [0, 0.05) is 46.2 Å². The second kappa shape index (κ2) is 9.58. The van der Waals surface area contributed by atoms with Crippen LogP contribution in [-0.4, -0.2) is 32.6 Å². The fourth-order valence-electron chi connectivity index (χ4n) is 4.06. The number of anilines is 1. The first-order chi connectivity index (χ1) is 16.6. The molecule has 184 valence electrons. The zero-order valence-electron chi connectivity index (χ0n) is 19.9. The lowest BCUT2D eigenvalue weighted by atomic mass is 10.0. The van der Waals surface area contributed by atoms with E-state index in [1.807, 2.05) is 12.3 Å². The number of ether oxygens (including phenoxy) is 1. The molecule has 0 saturated heterocycles. The van der Waals surface area contributed by atoms with Crippen LogP contribution in [0.2, 0.25) is 0 Å². The van der Waals surface area contributed by atoms with Crippen LogP contribution in [0.4, 0.5) is 18.9 Å². The van der Waals surface area contributed by atoms with Crippen molar-refractivity contribution in [3.05, 3.63) is 71.9 Å². The van der Waals surface area contributed by atoms with Gasteiger partial charge in [-0.2, -0.15) is 5.10 Å². The van der Waals surface area contributed by atoms with Gasteiger partial charge in [-0.1, -0.05) is 18.2 Å². The van der Waals surface area contributed by atoms with Crippen LogP contribution in [0.15, 0.2) is 55.0 Å². The summed E-state index contributed by atoms with van der Waals surface area (Å²) < 4.78 is 48.3. The van der Waals surface area contributed by atoms with E-state index in [-0.39, 0.29) is 5.56 Å². The number of aromatic nitrogens is 3. The maximum Gasteiger partial charge on any atom is 0.266 e. The number of rotatable bonds is 8. The normalized spacial score (nSPS) is 12.8. The fraction of sp³-hybridized carbons (Fsp3) is 0.308. The summed E-state index contributed by atoms with van der Waals surface area (Å²) in [6, 6.07) is 8.88. The summed E-state index contributed by atoms with van der Waals surface area (Å²) in [4.78, 5) is 4.43. The lowest BCUT2D eigenvalue weighted by molar-refractivity contribution is 0.0577. The molecule has 0 fully saturated rings. The minimum Gasteiger partial charge on any atom is -0.496 e. The van der Waals surface area contributed by atoms with E-state index in [1.54, 1.807) is 57.1 Å². The summed E-state index contributed by atoms with van der Waals surface area (Å²) in [6.07, 6.45) is 2.23. The molecule has 0 saturated carbocycles. The maximum absolute atomic E-state index is 14.7. The number of methoxy groups -OCH3 is 1. The number of fused-ring (bicyclic) bond motifs is 1. The van der Waals surface area contributed by atoms with Gasteiger partial charge in [0.25, 0.3) is 6.43 Å². The Morgan fingerprint density at radius 1 is 1.17 bits per heavy atom. The Labute approximate surface area is 201 Å². The number of pyridine rings is 1. The molecule has 0 aliphatic rings. The Balaban J connectivity index is 1.74. The highest BCUT2D eigenvalue weighted by Gasteiger charge is 2.21. The summed E-state index contributed by atoms with van der Waals surface area (Å²) in [5, 5.41) is 18.4. The minimum atomic E-state index is -2.89. The molecule has 4 rings (SSSR count). The highest BCUT2D eigenvalue weighted by molar-refractivity contribution is 5.96. The molecule has 0 spiro atoms. The highest BCUT2D eigenvalue weighted by atomic mass is 19.3.